The highest BCUT2D eigenvalue weighted by atomic mass is 16.3. The van der Waals surface area contributed by atoms with Gasteiger partial charge in [0.1, 0.15) is 5.82 Å². The largest absolute Gasteiger partial charge is 0.459 e. The molecular formula is C22H21N3O2. The topological polar surface area (TPSA) is 60.1 Å². The Morgan fingerprint density at radius 2 is 1.96 bits per heavy atom. The Balaban J connectivity index is 1.48. The van der Waals surface area contributed by atoms with Crippen molar-refractivity contribution < 1.29 is 9.21 Å². The van der Waals surface area contributed by atoms with E-state index in [1.54, 1.807) is 12.1 Å². The van der Waals surface area contributed by atoms with Gasteiger partial charge < -0.3 is 14.3 Å². The Morgan fingerprint density at radius 1 is 1.07 bits per heavy atom. The lowest BCUT2D eigenvalue weighted by molar-refractivity contribution is 0.0996. The molecule has 2 aromatic heterocycles. The first-order chi connectivity index (χ1) is 13.2. The number of rotatable bonds is 6. The van der Waals surface area contributed by atoms with E-state index in [9.17, 15) is 4.79 Å². The number of nitrogens with one attached hydrogen (secondary N) is 1. The van der Waals surface area contributed by atoms with Gasteiger partial charge >= 0.3 is 0 Å². The van der Waals surface area contributed by atoms with Gasteiger partial charge in [-0.15, -0.1) is 0 Å². The monoisotopic (exact) mass is 359 g/mol. The Bertz CT molecular complexity index is 1060. The summed E-state index contributed by atoms with van der Waals surface area (Å²) >= 11 is 0. The van der Waals surface area contributed by atoms with Crippen LogP contribution < -0.4 is 5.32 Å². The van der Waals surface area contributed by atoms with Crippen molar-refractivity contribution in [3.05, 3.63) is 84.1 Å². The number of anilines is 1. The van der Waals surface area contributed by atoms with Gasteiger partial charge in [-0.25, -0.2) is 4.98 Å². The molecule has 0 atom stereocenters. The first kappa shape index (κ1) is 17.1. The highest BCUT2D eigenvalue weighted by Gasteiger charge is 2.11. The van der Waals surface area contributed by atoms with Gasteiger partial charge in [-0.3, -0.25) is 4.79 Å². The first-order valence-electron chi connectivity index (χ1n) is 9.12. The molecule has 0 fully saturated rings. The van der Waals surface area contributed by atoms with E-state index < -0.39 is 0 Å². The molecule has 1 amide bonds. The number of benzene rings is 2. The molecule has 1 N–H and O–H groups in total. The summed E-state index contributed by atoms with van der Waals surface area (Å²) in [5, 5.41) is 2.87. The van der Waals surface area contributed by atoms with E-state index >= 15 is 0 Å². The molecule has 0 aliphatic rings. The number of fused-ring (bicyclic) bond motifs is 1. The van der Waals surface area contributed by atoms with Gasteiger partial charge in [0, 0.05) is 18.7 Å². The number of para-hydroxylation sites is 2. The second-order valence-corrected chi connectivity index (χ2v) is 6.39. The number of hydrogen-bond acceptors (Lipinski definition) is 3. The molecule has 27 heavy (non-hydrogen) atoms. The van der Waals surface area contributed by atoms with Crippen LogP contribution in [0.25, 0.3) is 11.0 Å². The molecular weight excluding hydrogens is 338 g/mol. The minimum absolute atomic E-state index is 0.245. The summed E-state index contributed by atoms with van der Waals surface area (Å²) < 4.78 is 7.40. The predicted octanol–water partition coefficient (Wildman–Crippen LogP) is 4.69. The van der Waals surface area contributed by atoms with Crippen LogP contribution in [0.4, 0.5) is 5.69 Å². The molecule has 0 bridgehead atoms. The fraction of sp³-hybridized carbons (Fsp3) is 0.182. The maximum atomic E-state index is 12.1. The number of carbonyl (C=O) groups excluding carboxylic acids is 1. The lowest BCUT2D eigenvalue weighted by atomic mass is 10.1. The average molecular weight is 359 g/mol. The fourth-order valence-electron chi connectivity index (χ4n) is 3.33. The summed E-state index contributed by atoms with van der Waals surface area (Å²) in [6.45, 7) is 3.04. The van der Waals surface area contributed by atoms with E-state index in [2.05, 4.69) is 35.0 Å². The van der Waals surface area contributed by atoms with E-state index in [0.29, 0.717) is 5.76 Å². The Morgan fingerprint density at radius 3 is 2.78 bits per heavy atom. The zero-order chi connectivity index (χ0) is 18.6. The third-order valence-corrected chi connectivity index (χ3v) is 4.62. The quantitative estimate of drug-likeness (QED) is 0.543. The third-order valence-electron chi connectivity index (χ3n) is 4.62. The van der Waals surface area contributed by atoms with Crippen LogP contribution in [0, 0.1) is 0 Å². The number of amides is 1. The van der Waals surface area contributed by atoms with Gasteiger partial charge in [-0.2, -0.15) is 0 Å². The van der Waals surface area contributed by atoms with E-state index in [4.69, 9.17) is 9.40 Å². The minimum Gasteiger partial charge on any atom is -0.459 e. The second kappa shape index (κ2) is 7.50. The smallest absolute Gasteiger partial charge is 0.291 e. The highest BCUT2D eigenvalue weighted by Crippen LogP contribution is 2.19. The zero-order valence-electron chi connectivity index (χ0n) is 15.2. The molecule has 0 unspecified atom stereocenters. The minimum atomic E-state index is -0.245. The molecule has 5 nitrogen and oxygen atoms in total. The van der Waals surface area contributed by atoms with Gasteiger partial charge in [0.2, 0.25) is 0 Å². The van der Waals surface area contributed by atoms with Crippen LogP contribution in [0.2, 0.25) is 0 Å². The van der Waals surface area contributed by atoms with Gasteiger partial charge in [0.05, 0.1) is 17.3 Å². The van der Waals surface area contributed by atoms with Crippen LogP contribution in [0.3, 0.4) is 0 Å². The van der Waals surface area contributed by atoms with Crippen molar-refractivity contribution in [3.8, 4) is 0 Å². The third kappa shape index (κ3) is 3.62. The lowest BCUT2D eigenvalue weighted by Gasteiger charge is -2.08. The molecule has 0 aliphatic heterocycles. The van der Waals surface area contributed by atoms with Gasteiger partial charge in [-0.05, 0) is 55.3 Å². The van der Waals surface area contributed by atoms with Crippen molar-refractivity contribution in [3.63, 3.8) is 0 Å². The van der Waals surface area contributed by atoms with Crippen molar-refractivity contribution in [1.82, 2.24) is 9.55 Å². The molecule has 0 radical (unpaired) electrons. The number of nitrogens with zero attached hydrogens (tertiary/aromatic N) is 2. The van der Waals surface area contributed by atoms with Gasteiger partial charge in [-0.1, -0.05) is 24.3 Å². The maximum Gasteiger partial charge on any atom is 0.291 e. The molecule has 5 heteroatoms. The van der Waals surface area contributed by atoms with Crippen LogP contribution in [0.15, 0.2) is 71.3 Å². The fourth-order valence-corrected chi connectivity index (χ4v) is 3.33. The standard InChI is InChI=1S/C22H21N3O2/c1-2-25-19-10-4-3-9-18(19)24-21(25)13-12-16-7-5-8-17(15-16)23-22(26)20-11-6-14-27-20/h3-11,14-15H,2,12-13H2,1H3,(H,23,26). The number of hydrogen-bond donors (Lipinski definition) is 1. The maximum absolute atomic E-state index is 12.1. The number of carbonyl (C=O) groups is 1. The Hall–Kier alpha value is -3.34. The van der Waals surface area contributed by atoms with E-state index in [1.165, 1.54) is 11.8 Å². The molecule has 136 valence electrons. The molecule has 0 saturated heterocycles. The summed E-state index contributed by atoms with van der Waals surface area (Å²) in [5.74, 6) is 1.14. The molecule has 2 aromatic carbocycles. The summed E-state index contributed by atoms with van der Waals surface area (Å²) in [7, 11) is 0. The molecule has 4 aromatic rings. The van der Waals surface area contributed by atoms with Gasteiger partial charge in [0.25, 0.3) is 5.91 Å². The van der Waals surface area contributed by atoms with Crippen LogP contribution in [0.1, 0.15) is 28.9 Å². The summed E-state index contributed by atoms with van der Waals surface area (Å²) in [4.78, 5) is 16.9. The van der Waals surface area contributed by atoms with Gasteiger partial charge in [0.15, 0.2) is 5.76 Å². The highest BCUT2D eigenvalue weighted by molar-refractivity contribution is 6.02. The lowest BCUT2D eigenvalue weighted by Crippen LogP contribution is -2.11. The zero-order valence-corrected chi connectivity index (χ0v) is 15.2. The molecule has 4 rings (SSSR count). The summed E-state index contributed by atoms with van der Waals surface area (Å²) in [6.07, 6.45) is 3.19. The normalized spacial score (nSPS) is 11.0. The SMILES string of the molecule is CCn1c(CCc2cccc(NC(=O)c3ccco3)c2)nc2ccccc21. The van der Waals surface area contributed by atoms with Crippen molar-refractivity contribution in [2.24, 2.45) is 0 Å². The van der Waals surface area contributed by atoms with Crippen LogP contribution >= 0.6 is 0 Å². The van der Waals surface area contributed by atoms with Crippen molar-refractivity contribution in [2.75, 3.05) is 5.32 Å². The summed E-state index contributed by atoms with van der Waals surface area (Å²) in [6, 6.07) is 19.5. The predicted molar refractivity (Wildman–Crippen MR) is 106 cm³/mol. The van der Waals surface area contributed by atoms with Crippen LogP contribution in [-0.4, -0.2) is 15.5 Å². The molecule has 0 aliphatic carbocycles. The molecule has 0 spiro atoms. The van der Waals surface area contributed by atoms with Crippen LogP contribution in [-0.2, 0) is 19.4 Å². The first-order valence-corrected chi connectivity index (χ1v) is 9.12. The number of imidazole rings is 1. The van der Waals surface area contributed by atoms with E-state index in [-0.39, 0.29) is 5.91 Å². The second-order valence-electron chi connectivity index (χ2n) is 6.39. The van der Waals surface area contributed by atoms with Crippen molar-refractivity contribution >= 4 is 22.6 Å². The van der Waals surface area contributed by atoms with Crippen LogP contribution in [0.5, 0.6) is 0 Å². The molecule has 0 saturated carbocycles. The molecule has 2 heterocycles. The summed E-state index contributed by atoms with van der Waals surface area (Å²) in [5.41, 5.74) is 4.13. The van der Waals surface area contributed by atoms with E-state index in [0.717, 1.165) is 42.0 Å². The number of furan rings is 1. The Labute approximate surface area is 157 Å². The van der Waals surface area contributed by atoms with Crippen molar-refractivity contribution in [2.45, 2.75) is 26.3 Å². The number of aromatic nitrogens is 2. The van der Waals surface area contributed by atoms with Crippen molar-refractivity contribution in [1.29, 1.82) is 0 Å². The van der Waals surface area contributed by atoms with E-state index in [1.807, 2.05) is 30.3 Å². The Kier molecular flexibility index (Phi) is 4.75. The average Bonchev–Trinajstić information content (AvgIpc) is 3.34. The number of aryl methyl sites for hydroxylation is 3.